The van der Waals surface area contributed by atoms with Crippen LogP contribution in [0.3, 0.4) is 0 Å². The van der Waals surface area contributed by atoms with Crippen LogP contribution in [0.4, 0.5) is 5.69 Å². The molecule has 0 radical (unpaired) electrons. The summed E-state index contributed by atoms with van der Waals surface area (Å²) in [5.74, 6) is 0.838. The zero-order valence-corrected chi connectivity index (χ0v) is 18.4. The van der Waals surface area contributed by atoms with E-state index in [-0.39, 0.29) is 17.1 Å². The van der Waals surface area contributed by atoms with Gasteiger partial charge in [0.15, 0.2) is 11.5 Å². The van der Waals surface area contributed by atoms with Gasteiger partial charge in [0.25, 0.3) is 5.91 Å². The second-order valence-corrected chi connectivity index (χ2v) is 8.65. The maximum atomic E-state index is 12.6. The van der Waals surface area contributed by atoms with Gasteiger partial charge in [-0.2, -0.15) is 0 Å². The van der Waals surface area contributed by atoms with Crippen LogP contribution in [-0.2, 0) is 16.6 Å². The van der Waals surface area contributed by atoms with Gasteiger partial charge in [-0.15, -0.1) is 0 Å². The molecule has 2 rings (SSSR count). The van der Waals surface area contributed by atoms with E-state index in [0.717, 1.165) is 16.1 Å². The highest BCUT2D eigenvalue weighted by atomic mass is 35.5. The molecule has 0 saturated carbocycles. The first-order valence-electron chi connectivity index (χ1n) is 9.07. The van der Waals surface area contributed by atoms with Crippen LogP contribution in [0.1, 0.15) is 29.8 Å². The molecule has 0 atom stereocenters. The predicted octanol–water partition coefficient (Wildman–Crippen LogP) is 3.46. The van der Waals surface area contributed by atoms with Gasteiger partial charge < -0.3 is 14.8 Å². The molecule has 0 spiro atoms. The second kappa shape index (κ2) is 9.84. The number of carbonyl (C=O) groups is 1. The highest BCUT2D eigenvalue weighted by Crippen LogP contribution is 2.29. The Bertz CT molecular complexity index is 979. The Labute approximate surface area is 176 Å². The Kier molecular flexibility index (Phi) is 7.75. The van der Waals surface area contributed by atoms with E-state index in [1.165, 1.54) is 19.2 Å². The number of hydrogen-bond acceptors (Lipinski definition) is 5. The summed E-state index contributed by atoms with van der Waals surface area (Å²) >= 11 is 6.15. The third kappa shape index (κ3) is 6.01. The fourth-order valence-corrected chi connectivity index (χ4v) is 3.26. The van der Waals surface area contributed by atoms with E-state index in [1.54, 1.807) is 12.1 Å². The van der Waals surface area contributed by atoms with Crippen molar-refractivity contribution in [2.45, 2.75) is 20.4 Å². The predicted molar refractivity (Wildman–Crippen MR) is 115 cm³/mol. The van der Waals surface area contributed by atoms with Crippen LogP contribution in [-0.4, -0.2) is 40.8 Å². The summed E-state index contributed by atoms with van der Waals surface area (Å²) in [7, 11) is -2.04. The lowest BCUT2D eigenvalue weighted by Crippen LogP contribution is -2.26. The van der Waals surface area contributed by atoms with Gasteiger partial charge in [0.2, 0.25) is 10.0 Å². The standard InChI is InChI=1S/C20H25ClN2O5S/c1-5-27-18-10-7-14(11-19(18)28-6-2)13-22-20(24)16-12-15(8-9-17(16)21)23(3)29(4,25)26/h7-12H,5-6,13H2,1-4H3,(H,22,24). The SMILES string of the molecule is CCOc1ccc(CNC(=O)c2cc(N(C)S(C)(=O)=O)ccc2Cl)cc1OCC. The molecule has 0 saturated heterocycles. The number of nitrogens with one attached hydrogen (secondary N) is 1. The highest BCUT2D eigenvalue weighted by molar-refractivity contribution is 7.92. The summed E-state index contributed by atoms with van der Waals surface area (Å²) < 4.78 is 35.7. The normalized spacial score (nSPS) is 11.1. The van der Waals surface area contributed by atoms with Gasteiger partial charge in [-0.05, 0) is 49.7 Å². The quantitative estimate of drug-likeness (QED) is 0.645. The minimum absolute atomic E-state index is 0.190. The zero-order chi connectivity index (χ0) is 21.6. The van der Waals surface area contributed by atoms with Crippen LogP contribution in [0.2, 0.25) is 5.02 Å². The van der Waals surface area contributed by atoms with E-state index in [4.69, 9.17) is 21.1 Å². The maximum absolute atomic E-state index is 12.6. The Morgan fingerprint density at radius 2 is 1.72 bits per heavy atom. The van der Waals surface area contributed by atoms with Crippen LogP contribution in [0.15, 0.2) is 36.4 Å². The fraction of sp³-hybridized carbons (Fsp3) is 0.350. The van der Waals surface area contributed by atoms with Gasteiger partial charge in [-0.3, -0.25) is 9.10 Å². The molecule has 1 N–H and O–H groups in total. The van der Waals surface area contributed by atoms with Gasteiger partial charge in [0.1, 0.15) is 0 Å². The largest absolute Gasteiger partial charge is 0.490 e. The summed E-state index contributed by atoms with van der Waals surface area (Å²) in [5.41, 5.74) is 1.36. The van der Waals surface area contributed by atoms with Crippen LogP contribution in [0, 0.1) is 0 Å². The number of benzene rings is 2. The Hall–Kier alpha value is -2.45. The van der Waals surface area contributed by atoms with E-state index >= 15 is 0 Å². The Balaban J connectivity index is 2.18. The van der Waals surface area contributed by atoms with Gasteiger partial charge in [0.05, 0.1) is 35.7 Å². The molecule has 1 amide bonds. The van der Waals surface area contributed by atoms with Gasteiger partial charge >= 0.3 is 0 Å². The molecule has 7 nitrogen and oxygen atoms in total. The molecule has 29 heavy (non-hydrogen) atoms. The number of halogens is 1. The molecule has 9 heteroatoms. The third-order valence-electron chi connectivity index (χ3n) is 4.12. The smallest absolute Gasteiger partial charge is 0.253 e. The summed E-state index contributed by atoms with van der Waals surface area (Å²) in [4.78, 5) is 12.6. The Morgan fingerprint density at radius 1 is 1.07 bits per heavy atom. The van der Waals surface area contributed by atoms with E-state index in [0.29, 0.717) is 30.4 Å². The topological polar surface area (TPSA) is 84.9 Å². The highest BCUT2D eigenvalue weighted by Gasteiger charge is 2.17. The van der Waals surface area contributed by atoms with Crippen LogP contribution >= 0.6 is 11.6 Å². The molecule has 0 aliphatic rings. The summed E-state index contributed by atoms with van der Waals surface area (Å²) in [5, 5.41) is 3.03. The lowest BCUT2D eigenvalue weighted by atomic mass is 10.1. The van der Waals surface area contributed by atoms with E-state index in [1.807, 2.05) is 26.0 Å². The van der Waals surface area contributed by atoms with Crippen molar-refractivity contribution in [2.75, 3.05) is 30.8 Å². The van der Waals surface area contributed by atoms with Crippen LogP contribution < -0.4 is 19.1 Å². The van der Waals surface area contributed by atoms with Crippen molar-refractivity contribution in [2.24, 2.45) is 0 Å². The average Bonchev–Trinajstić information content (AvgIpc) is 2.67. The minimum Gasteiger partial charge on any atom is -0.490 e. The lowest BCUT2D eigenvalue weighted by Gasteiger charge is -2.18. The minimum atomic E-state index is -3.45. The summed E-state index contributed by atoms with van der Waals surface area (Å²) in [6, 6.07) is 9.93. The van der Waals surface area contributed by atoms with E-state index < -0.39 is 15.9 Å². The zero-order valence-electron chi connectivity index (χ0n) is 16.9. The number of hydrogen-bond donors (Lipinski definition) is 1. The number of nitrogens with zero attached hydrogens (tertiary/aromatic N) is 1. The molecule has 2 aromatic carbocycles. The van der Waals surface area contributed by atoms with Gasteiger partial charge in [0, 0.05) is 13.6 Å². The van der Waals surface area contributed by atoms with Crippen LogP contribution in [0.25, 0.3) is 0 Å². The molecule has 0 aliphatic heterocycles. The molecule has 0 heterocycles. The molecule has 0 unspecified atom stereocenters. The number of anilines is 1. The molecular weight excluding hydrogens is 416 g/mol. The van der Waals surface area contributed by atoms with Crippen molar-refractivity contribution in [3.8, 4) is 11.5 Å². The molecule has 0 aromatic heterocycles. The first-order chi connectivity index (χ1) is 13.7. The van der Waals surface area contributed by atoms with Crippen molar-refractivity contribution in [1.29, 1.82) is 0 Å². The van der Waals surface area contributed by atoms with Crippen molar-refractivity contribution >= 4 is 33.2 Å². The molecule has 0 aliphatic carbocycles. The third-order valence-corrected chi connectivity index (χ3v) is 5.65. The van der Waals surface area contributed by atoms with Crippen molar-refractivity contribution in [3.05, 3.63) is 52.5 Å². The molecule has 0 bridgehead atoms. The van der Waals surface area contributed by atoms with Crippen molar-refractivity contribution in [1.82, 2.24) is 5.32 Å². The van der Waals surface area contributed by atoms with E-state index in [2.05, 4.69) is 5.32 Å². The van der Waals surface area contributed by atoms with E-state index in [9.17, 15) is 13.2 Å². The molecule has 2 aromatic rings. The number of amides is 1. The monoisotopic (exact) mass is 440 g/mol. The maximum Gasteiger partial charge on any atom is 0.253 e. The van der Waals surface area contributed by atoms with Crippen LogP contribution in [0.5, 0.6) is 11.5 Å². The van der Waals surface area contributed by atoms with Crippen molar-refractivity contribution < 1.29 is 22.7 Å². The number of rotatable bonds is 9. The molecule has 0 fully saturated rings. The van der Waals surface area contributed by atoms with Gasteiger partial charge in [-0.1, -0.05) is 17.7 Å². The van der Waals surface area contributed by atoms with Gasteiger partial charge in [-0.25, -0.2) is 8.42 Å². The Morgan fingerprint density at radius 3 is 2.34 bits per heavy atom. The first kappa shape index (κ1) is 22.8. The number of carbonyl (C=O) groups excluding carboxylic acids is 1. The fourth-order valence-electron chi connectivity index (χ4n) is 2.56. The lowest BCUT2D eigenvalue weighted by molar-refractivity contribution is 0.0951. The number of ether oxygens (including phenoxy) is 2. The molecule has 158 valence electrons. The van der Waals surface area contributed by atoms with Crippen molar-refractivity contribution in [3.63, 3.8) is 0 Å². The summed E-state index contributed by atoms with van der Waals surface area (Å²) in [6.45, 7) is 5.03. The average molecular weight is 441 g/mol. The number of sulfonamides is 1. The molecular formula is C20H25ClN2O5S. The first-order valence-corrected chi connectivity index (χ1v) is 11.3. The second-order valence-electron chi connectivity index (χ2n) is 6.22. The summed E-state index contributed by atoms with van der Waals surface area (Å²) in [6.07, 6.45) is 1.09.